The van der Waals surface area contributed by atoms with Gasteiger partial charge in [-0.25, -0.2) is 4.98 Å². The number of hydrogen-bond donors (Lipinski definition) is 3. The summed E-state index contributed by atoms with van der Waals surface area (Å²) >= 11 is 0. The van der Waals surface area contributed by atoms with E-state index in [-0.39, 0.29) is 6.04 Å². The Kier molecular flexibility index (Phi) is 2.81. The van der Waals surface area contributed by atoms with Gasteiger partial charge in [-0.1, -0.05) is 30.3 Å². The lowest BCUT2D eigenvalue weighted by Gasteiger charge is -2.13. The van der Waals surface area contributed by atoms with E-state index in [4.69, 9.17) is 5.73 Å². The third kappa shape index (κ3) is 2.16. The molecular weight excluding hydrogens is 200 g/mol. The SMILES string of the molecule is Cc1nc(NC(C)c2ccccc2)c(N)[nH]1. The van der Waals surface area contributed by atoms with Crippen molar-refractivity contribution in [2.24, 2.45) is 0 Å². The molecule has 0 saturated heterocycles. The summed E-state index contributed by atoms with van der Waals surface area (Å²) in [5.74, 6) is 2.12. The lowest BCUT2D eigenvalue weighted by molar-refractivity contribution is 0.877. The van der Waals surface area contributed by atoms with Crippen molar-refractivity contribution in [3.8, 4) is 0 Å². The Morgan fingerprint density at radius 1 is 1.31 bits per heavy atom. The Morgan fingerprint density at radius 3 is 2.56 bits per heavy atom. The summed E-state index contributed by atoms with van der Waals surface area (Å²) < 4.78 is 0. The highest BCUT2D eigenvalue weighted by Gasteiger charge is 2.09. The number of benzene rings is 1. The van der Waals surface area contributed by atoms with Gasteiger partial charge in [-0.15, -0.1) is 0 Å². The summed E-state index contributed by atoms with van der Waals surface area (Å²) in [5, 5.41) is 3.28. The summed E-state index contributed by atoms with van der Waals surface area (Å²) in [6.07, 6.45) is 0. The van der Waals surface area contributed by atoms with Crippen molar-refractivity contribution in [2.45, 2.75) is 19.9 Å². The molecule has 0 aliphatic heterocycles. The number of nitrogens with two attached hydrogens (primary N) is 1. The van der Waals surface area contributed by atoms with E-state index in [1.807, 2.05) is 25.1 Å². The van der Waals surface area contributed by atoms with Crippen LogP contribution in [-0.4, -0.2) is 9.97 Å². The summed E-state index contributed by atoms with van der Waals surface area (Å²) in [6.45, 7) is 3.97. The summed E-state index contributed by atoms with van der Waals surface area (Å²) in [7, 11) is 0. The molecule has 0 saturated carbocycles. The van der Waals surface area contributed by atoms with Gasteiger partial charge in [0, 0.05) is 0 Å². The molecule has 0 aliphatic carbocycles. The molecule has 0 aliphatic rings. The van der Waals surface area contributed by atoms with Crippen LogP contribution < -0.4 is 11.1 Å². The van der Waals surface area contributed by atoms with E-state index in [1.165, 1.54) is 5.56 Å². The van der Waals surface area contributed by atoms with E-state index in [9.17, 15) is 0 Å². The molecule has 2 rings (SSSR count). The molecule has 0 bridgehead atoms. The van der Waals surface area contributed by atoms with Crippen LogP contribution in [0.4, 0.5) is 11.6 Å². The maximum atomic E-state index is 5.79. The average molecular weight is 216 g/mol. The largest absolute Gasteiger partial charge is 0.382 e. The number of rotatable bonds is 3. The molecule has 1 unspecified atom stereocenters. The Labute approximate surface area is 94.9 Å². The molecule has 0 amide bonds. The molecule has 1 aromatic heterocycles. The Balaban J connectivity index is 2.14. The van der Waals surface area contributed by atoms with Gasteiger partial charge in [0.15, 0.2) is 5.82 Å². The van der Waals surface area contributed by atoms with E-state index < -0.39 is 0 Å². The standard InChI is InChI=1S/C12H16N4/c1-8(10-6-4-3-5-7-10)14-12-11(13)15-9(2)16-12/h3-8,14H,13H2,1-2H3,(H,15,16). The van der Waals surface area contributed by atoms with Gasteiger partial charge < -0.3 is 16.0 Å². The highest BCUT2D eigenvalue weighted by Crippen LogP contribution is 2.21. The Bertz CT molecular complexity index is 461. The van der Waals surface area contributed by atoms with Gasteiger partial charge in [0.2, 0.25) is 0 Å². The van der Waals surface area contributed by atoms with Crippen molar-refractivity contribution in [3.63, 3.8) is 0 Å². The number of nitrogens with one attached hydrogen (secondary N) is 2. The van der Waals surface area contributed by atoms with Crippen molar-refractivity contribution in [1.82, 2.24) is 9.97 Å². The van der Waals surface area contributed by atoms with Crippen molar-refractivity contribution in [2.75, 3.05) is 11.1 Å². The van der Waals surface area contributed by atoms with Crippen LogP contribution in [-0.2, 0) is 0 Å². The molecule has 16 heavy (non-hydrogen) atoms. The van der Waals surface area contributed by atoms with E-state index >= 15 is 0 Å². The molecule has 2 aromatic rings. The van der Waals surface area contributed by atoms with Gasteiger partial charge in [-0.2, -0.15) is 0 Å². The average Bonchev–Trinajstić information content (AvgIpc) is 2.59. The van der Waals surface area contributed by atoms with E-state index in [2.05, 4.69) is 34.3 Å². The van der Waals surface area contributed by atoms with Crippen LogP contribution in [0.25, 0.3) is 0 Å². The van der Waals surface area contributed by atoms with Crippen molar-refractivity contribution < 1.29 is 0 Å². The molecule has 1 aromatic carbocycles. The zero-order valence-corrected chi connectivity index (χ0v) is 9.49. The number of anilines is 2. The van der Waals surface area contributed by atoms with E-state index in [0.717, 1.165) is 5.82 Å². The minimum Gasteiger partial charge on any atom is -0.382 e. The number of nitrogens with zero attached hydrogens (tertiary/aromatic N) is 1. The summed E-state index contributed by atoms with van der Waals surface area (Å²) in [4.78, 5) is 7.25. The third-order valence-electron chi connectivity index (χ3n) is 2.50. The van der Waals surface area contributed by atoms with Crippen LogP contribution in [0.1, 0.15) is 24.4 Å². The van der Waals surface area contributed by atoms with Crippen LogP contribution in [0.5, 0.6) is 0 Å². The van der Waals surface area contributed by atoms with Crippen LogP contribution in [0, 0.1) is 6.92 Å². The van der Waals surface area contributed by atoms with Gasteiger partial charge >= 0.3 is 0 Å². The monoisotopic (exact) mass is 216 g/mol. The first kappa shape index (κ1) is 10.5. The molecule has 4 nitrogen and oxygen atoms in total. The molecular formula is C12H16N4. The van der Waals surface area contributed by atoms with Gasteiger partial charge in [-0.05, 0) is 19.4 Å². The highest BCUT2D eigenvalue weighted by atomic mass is 15.1. The minimum atomic E-state index is 0.186. The zero-order valence-electron chi connectivity index (χ0n) is 9.49. The molecule has 0 radical (unpaired) electrons. The molecule has 0 spiro atoms. The first-order chi connectivity index (χ1) is 7.66. The van der Waals surface area contributed by atoms with Crippen molar-refractivity contribution >= 4 is 11.6 Å². The molecule has 4 heteroatoms. The van der Waals surface area contributed by atoms with Gasteiger partial charge in [0.25, 0.3) is 0 Å². The normalized spacial score (nSPS) is 12.4. The number of H-pyrrole nitrogens is 1. The van der Waals surface area contributed by atoms with Gasteiger partial charge in [0.1, 0.15) is 11.6 Å². The smallest absolute Gasteiger partial charge is 0.169 e. The van der Waals surface area contributed by atoms with Crippen LogP contribution in [0.2, 0.25) is 0 Å². The fourth-order valence-corrected chi connectivity index (χ4v) is 1.65. The lowest BCUT2D eigenvalue weighted by Crippen LogP contribution is -2.08. The van der Waals surface area contributed by atoms with Gasteiger partial charge in [0.05, 0.1) is 6.04 Å². The molecule has 0 fully saturated rings. The molecule has 1 heterocycles. The number of aryl methyl sites for hydroxylation is 1. The lowest BCUT2D eigenvalue weighted by atomic mass is 10.1. The number of hydrogen-bond acceptors (Lipinski definition) is 3. The number of aromatic amines is 1. The number of nitrogen functional groups attached to an aromatic ring is 1. The second-order valence-corrected chi connectivity index (χ2v) is 3.86. The van der Waals surface area contributed by atoms with Crippen molar-refractivity contribution in [3.05, 3.63) is 41.7 Å². The maximum absolute atomic E-state index is 5.79. The number of aromatic nitrogens is 2. The second-order valence-electron chi connectivity index (χ2n) is 3.86. The van der Waals surface area contributed by atoms with Crippen LogP contribution in [0.15, 0.2) is 30.3 Å². The number of imidazole rings is 1. The first-order valence-corrected chi connectivity index (χ1v) is 5.30. The highest BCUT2D eigenvalue weighted by molar-refractivity contribution is 5.57. The van der Waals surface area contributed by atoms with Gasteiger partial charge in [-0.3, -0.25) is 0 Å². The van der Waals surface area contributed by atoms with Crippen LogP contribution in [0.3, 0.4) is 0 Å². The predicted octanol–water partition coefficient (Wildman–Crippen LogP) is 2.47. The quantitative estimate of drug-likeness (QED) is 0.738. The minimum absolute atomic E-state index is 0.186. The molecule has 84 valence electrons. The fourth-order valence-electron chi connectivity index (χ4n) is 1.65. The van der Waals surface area contributed by atoms with Crippen LogP contribution >= 0.6 is 0 Å². The first-order valence-electron chi connectivity index (χ1n) is 5.30. The fraction of sp³-hybridized carbons (Fsp3) is 0.250. The Hall–Kier alpha value is -1.97. The van der Waals surface area contributed by atoms with E-state index in [1.54, 1.807) is 0 Å². The molecule has 4 N–H and O–H groups in total. The summed E-state index contributed by atoms with van der Waals surface area (Å²) in [6, 6.07) is 10.4. The maximum Gasteiger partial charge on any atom is 0.169 e. The van der Waals surface area contributed by atoms with Crippen molar-refractivity contribution in [1.29, 1.82) is 0 Å². The predicted molar refractivity (Wildman–Crippen MR) is 66.2 cm³/mol. The molecule has 1 atom stereocenters. The Morgan fingerprint density at radius 2 is 2.00 bits per heavy atom. The second kappa shape index (κ2) is 4.26. The zero-order chi connectivity index (χ0) is 11.5. The third-order valence-corrected chi connectivity index (χ3v) is 2.50. The summed E-state index contributed by atoms with van der Waals surface area (Å²) in [5.41, 5.74) is 7.00. The van der Waals surface area contributed by atoms with E-state index in [0.29, 0.717) is 11.6 Å². The topological polar surface area (TPSA) is 66.7 Å².